The fourth-order valence-corrected chi connectivity index (χ4v) is 2.59. The third-order valence-electron chi connectivity index (χ3n) is 3.68. The summed E-state index contributed by atoms with van der Waals surface area (Å²) >= 11 is 0. The number of hydrogen-bond donors (Lipinski definition) is 1. The summed E-state index contributed by atoms with van der Waals surface area (Å²) in [6.45, 7) is 6.12. The molecule has 1 saturated carbocycles. The van der Waals surface area contributed by atoms with Crippen molar-refractivity contribution < 1.29 is 9.53 Å². The van der Waals surface area contributed by atoms with Crippen molar-refractivity contribution in [3.05, 3.63) is 23.0 Å². The van der Waals surface area contributed by atoms with Crippen molar-refractivity contribution in [3.63, 3.8) is 0 Å². The molecule has 0 amide bonds. The quantitative estimate of drug-likeness (QED) is 0.578. The van der Waals surface area contributed by atoms with Crippen molar-refractivity contribution in [2.45, 2.75) is 39.2 Å². The van der Waals surface area contributed by atoms with Crippen LogP contribution in [0.25, 0.3) is 0 Å². The fraction of sp³-hybridized carbons (Fsp3) is 0.667. The molecule has 19 heavy (non-hydrogen) atoms. The monoisotopic (exact) mass is 264 g/mol. The number of ether oxygens (including phenoxy) is 1. The average Bonchev–Trinajstić information content (AvgIpc) is 3.15. The average molecular weight is 264 g/mol. The minimum absolute atomic E-state index is 0.192. The minimum atomic E-state index is 0.192. The maximum absolute atomic E-state index is 12.2. The van der Waals surface area contributed by atoms with Gasteiger partial charge in [0.15, 0.2) is 5.78 Å². The molecule has 2 rings (SSSR count). The Kier molecular flexibility index (Phi) is 4.77. The summed E-state index contributed by atoms with van der Waals surface area (Å²) in [7, 11) is 1.69. The molecule has 0 unspecified atom stereocenters. The molecule has 0 radical (unpaired) electrons. The van der Waals surface area contributed by atoms with Gasteiger partial charge in [-0.1, -0.05) is 0 Å². The number of nitrogens with one attached hydrogen (secondary N) is 1. The van der Waals surface area contributed by atoms with Crippen LogP contribution in [0, 0.1) is 13.8 Å². The van der Waals surface area contributed by atoms with E-state index >= 15 is 0 Å². The van der Waals surface area contributed by atoms with E-state index in [0.717, 1.165) is 30.8 Å². The molecule has 1 heterocycles. The van der Waals surface area contributed by atoms with Gasteiger partial charge in [-0.15, -0.1) is 0 Å². The van der Waals surface area contributed by atoms with Crippen LogP contribution < -0.4 is 5.32 Å². The standard InChI is InChI=1S/C15H24N2O2/c1-11-9-14(12(2)17(11)13-5-6-13)15(18)10-16-7-4-8-19-3/h9,13,16H,4-8,10H2,1-3H3. The van der Waals surface area contributed by atoms with E-state index in [2.05, 4.69) is 23.7 Å². The lowest BCUT2D eigenvalue weighted by molar-refractivity contribution is 0.0989. The molecular formula is C15H24N2O2. The molecule has 4 heteroatoms. The molecule has 1 aliphatic rings. The molecular weight excluding hydrogens is 240 g/mol. The Hall–Kier alpha value is -1.13. The summed E-state index contributed by atoms with van der Waals surface area (Å²) in [5.74, 6) is 0.192. The first-order valence-corrected chi connectivity index (χ1v) is 7.06. The summed E-state index contributed by atoms with van der Waals surface area (Å²) in [5.41, 5.74) is 3.22. The van der Waals surface area contributed by atoms with Crippen LogP contribution in [0.5, 0.6) is 0 Å². The van der Waals surface area contributed by atoms with Gasteiger partial charge in [0.2, 0.25) is 0 Å². The molecule has 4 nitrogen and oxygen atoms in total. The Bertz CT molecular complexity index is 447. The lowest BCUT2D eigenvalue weighted by Gasteiger charge is -2.08. The Balaban J connectivity index is 1.90. The number of rotatable bonds is 8. The lowest BCUT2D eigenvalue weighted by Crippen LogP contribution is -2.25. The molecule has 0 spiro atoms. The molecule has 0 aromatic carbocycles. The number of hydrogen-bond acceptors (Lipinski definition) is 3. The summed E-state index contributed by atoms with van der Waals surface area (Å²) in [5, 5.41) is 3.18. The van der Waals surface area contributed by atoms with E-state index in [0.29, 0.717) is 12.6 Å². The molecule has 0 atom stereocenters. The van der Waals surface area contributed by atoms with Crippen LogP contribution in [-0.2, 0) is 4.74 Å². The van der Waals surface area contributed by atoms with Crippen molar-refractivity contribution in [2.24, 2.45) is 0 Å². The van der Waals surface area contributed by atoms with E-state index in [9.17, 15) is 4.79 Å². The topological polar surface area (TPSA) is 43.3 Å². The van der Waals surface area contributed by atoms with Crippen LogP contribution in [0.1, 0.15) is 47.1 Å². The van der Waals surface area contributed by atoms with Gasteiger partial charge in [-0.3, -0.25) is 4.79 Å². The van der Waals surface area contributed by atoms with Crippen molar-refractivity contribution in [3.8, 4) is 0 Å². The van der Waals surface area contributed by atoms with Crippen molar-refractivity contribution in [2.75, 3.05) is 26.8 Å². The molecule has 1 aromatic heterocycles. The van der Waals surface area contributed by atoms with Gasteiger partial charge in [0, 0.05) is 36.7 Å². The van der Waals surface area contributed by atoms with E-state index in [4.69, 9.17) is 4.74 Å². The number of aromatic nitrogens is 1. The SMILES string of the molecule is COCCCNCC(=O)c1cc(C)n(C2CC2)c1C. The predicted molar refractivity (Wildman–Crippen MR) is 75.9 cm³/mol. The van der Waals surface area contributed by atoms with Crippen molar-refractivity contribution in [1.82, 2.24) is 9.88 Å². The normalized spacial score (nSPS) is 14.9. The fourth-order valence-electron chi connectivity index (χ4n) is 2.59. The van der Waals surface area contributed by atoms with Crippen LogP contribution in [0.2, 0.25) is 0 Å². The van der Waals surface area contributed by atoms with Gasteiger partial charge < -0.3 is 14.6 Å². The van der Waals surface area contributed by atoms with Gasteiger partial charge in [-0.2, -0.15) is 0 Å². The van der Waals surface area contributed by atoms with Gasteiger partial charge in [0.05, 0.1) is 6.54 Å². The van der Waals surface area contributed by atoms with Crippen molar-refractivity contribution in [1.29, 1.82) is 0 Å². The number of Topliss-reactive ketones (excluding diaryl/α,β-unsaturated/α-hetero) is 1. The number of methoxy groups -OCH3 is 1. The summed E-state index contributed by atoms with van der Waals surface area (Å²) in [6, 6.07) is 2.67. The first-order valence-electron chi connectivity index (χ1n) is 7.06. The zero-order valence-electron chi connectivity index (χ0n) is 12.2. The zero-order chi connectivity index (χ0) is 13.8. The Morgan fingerprint density at radius 3 is 2.84 bits per heavy atom. The number of aryl methyl sites for hydroxylation is 1. The molecule has 106 valence electrons. The first kappa shape index (κ1) is 14.3. The molecule has 1 aliphatic carbocycles. The minimum Gasteiger partial charge on any atom is -0.385 e. The van der Waals surface area contributed by atoms with E-state index in [1.165, 1.54) is 18.5 Å². The zero-order valence-corrected chi connectivity index (χ0v) is 12.2. The highest BCUT2D eigenvalue weighted by molar-refractivity contribution is 5.99. The maximum Gasteiger partial charge on any atom is 0.178 e. The molecule has 0 saturated heterocycles. The number of carbonyl (C=O) groups is 1. The number of nitrogens with zero attached hydrogens (tertiary/aromatic N) is 1. The van der Waals surface area contributed by atoms with Crippen LogP contribution in [-0.4, -0.2) is 37.2 Å². The number of ketones is 1. The second-order valence-electron chi connectivity index (χ2n) is 5.33. The highest BCUT2D eigenvalue weighted by atomic mass is 16.5. The van der Waals surface area contributed by atoms with Gasteiger partial charge in [-0.05, 0) is 45.7 Å². The van der Waals surface area contributed by atoms with E-state index < -0.39 is 0 Å². The van der Waals surface area contributed by atoms with Crippen LogP contribution in [0.3, 0.4) is 0 Å². The largest absolute Gasteiger partial charge is 0.385 e. The molecule has 1 aromatic rings. The van der Waals surface area contributed by atoms with E-state index in [-0.39, 0.29) is 5.78 Å². The highest BCUT2D eigenvalue weighted by Crippen LogP contribution is 2.38. The smallest absolute Gasteiger partial charge is 0.178 e. The van der Waals surface area contributed by atoms with Gasteiger partial charge in [0.1, 0.15) is 0 Å². The van der Waals surface area contributed by atoms with Crippen LogP contribution in [0.15, 0.2) is 6.07 Å². The first-order chi connectivity index (χ1) is 9.15. The molecule has 0 bridgehead atoms. The molecule has 1 N–H and O–H groups in total. The summed E-state index contributed by atoms with van der Waals surface area (Å²) < 4.78 is 7.29. The molecule has 1 fully saturated rings. The second-order valence-corrected chi connectivity index (χ2v) is 5.33. The molecule has 0 aliphatic heterocycles. The Morgan fingerprint density at radius 2 is 2.21 bits per heavy atom. The van der Waals surface area contributed by atoms with Crippen molar-refractivity contribution >= 4 is 5.78 Å². The third-order valence-corrected chi connectivity index (χ3v) is 3.68. The highest BCUT2D eigenvalue weighted by Gasteiger charge is 2.28. The Labute approximate surface area is 115 Å². The maximum atomic E-state index is 12.2. The van der Waals surface area contributed by atoms with Gasteiger partial charge in [-0.25, -0.2) is 0 Å². The summed E-state index contributed by atoms with van der Waals surface area (Å²) in [4.78, 5) is 12.2. The van der Waals surface area contributed by atoms with E-state index in [1.54, 1.807) is 7.11 Å². The van der Waals surface area contributed by atoms with E-state index in [1.807, 2.05) is 6.07 Å². The van der Waals surface area contributed by atoms with Crippen LogP contribution >= 0.6 is 0 Å². The third kappa shape index (κ3) is 3.45. The number of carbonyl (C=O) groups excluding carboxylic acids is 1. The van der Waals surface area contributed by atoms with Crippen LogP contribution in [0.4, 0.5) is 0 Å². The van der Waals surface area contributed by atoms with Gasteiger partial charge >= 0.3 is 0 Å². The Morgan fingerprint density at radius 1 is 1.47 bits per heavy atom. The lowest BCUT2D eigenvalue weighted by atomic mass is 10.1. The second kappa shape index (κ2) is 6.35. The van der Waals surface area contributed by atoms with Gasteiger partial charge in [0.25, 0.3) is 0 Å². The predicted octanol–water partition coefficient (Wildman–Crippen LogP) is 2.25. The summed E-state index contributed by atoms with van der Waals surface area (Å²) in [6.07, 6.45) is 3.43.